The lowest BCUT2D eigenvalue weighted by Gasteiger charge is -2.27. The van der Waals surface area contributed by atoms with Crippen LogP contribution in [-0.2, 0) is 0 Å². The molecule has 2 unspecified atom stereocenters. The first-order chi connectivity index (χ1) is 8.24. The average molecular weight is 230 g/mol. The van der Waals surface area contributed by atoms with Gasteiger partial charge in [-0.1, -0.05) is 13.0 Å². The Bertz CT molecular complexity index is 532. The molecular formula is C14H18N2O. The molecule has 3 rings (SSSR count). The van der Waals surface area contributed by atoms with Gasteiger partial charge in [0.25, 0.3) is 0 Å². The number of nitrogens with one attached hydrogen (secondary N) is 1. The molecule has 0 radical (unpaired) electrons. The van der Waals surface area contributed by atoms with Crippen LogP contribution in [0.4, 0.5) is 0 Å². The van der Waals surface area contributed by atoms with E-state index in [0.717, 1.165) is 23.5 Å². The van der Waals surface area contributed by atoms with E-state index in [1.807, 2.05) is 6.07 Å². The summed E-state index contributed by atoms with van der Waals surface area (Å²) in [5.41, 5.74) is 3.08. The number of fused-ring (bicyclic) bond motifs is 1. The third kappa shape index (κ3) is 1.95. The van der Waals surface area contributed by atoms with Gasteiger partial charge in [0.05, 0.1) is 6.04 Å². The largest absolute Gasteiger partial charge is 0.439 e. The number of nitrogens with zero attached hydrogens (tertiary/aromatic N) is 1. The fourth-order valence-corrected chi connectivity index (χ4v) is 2.56. The molecular weight excluding hydrogens is 212 g/mol. The molecule has 1 N–H and O–H groups in total. The number of rotatable bonds is 1. The van der Waals surface area contributed by atoms with Crippen molar-refractivity contribution in [1.82, 2.24) is 10.3 Å². The molecule has 17 heavy (non-hydrogen) atoms. The summed E-state index contributed by atoms with van der Waals surface area (Å²) in [5, 5.41) is 3.50. The van der Waals surface area contributed by atoms with E-state index in [1.165, 1.54) is 18.4 Å². The van der Waals surface area contributed by atoms with Crippen molar-refractivity contribution >= 4 is 11.1 Å². The Morgan fingerprint density at radius 3 is 3.12 bits per heavy atom. The Morgan fingerprint density at radius 2 is 2.29 bits per heavy atom. The highest BCUT2D eigenvalue weighted by Crippen LogP contribution is 2.30. The van der Waals surface area contributed by atoms with Crippen LogP contribution in [0.5, 0.6) is 0 Å². The van der Waals surface area contributed by atoms with Crippen molar-refractivity contribution in [3.8, 4) is 0 Å². The van der Waals surface area contributed by atoms with E-state index in [4.69, 9.17) is 4.42 Å². The van der Waals surface area contributed by atoms with Crippen LogP contribution in [0.25, 0.3) is 11.1 Å². The fourth-order valence-electron chi connectivity index (χ4n) is 2.56. The lowest BCUT2D eigenvalue weighted by Crippen LogP contribution is -2.32. The van der Waals surface area contributed by atoms with E-state index in [-0.39, 0.29) is 6.04 Å². The predicted molar refractivity (Wildman–Crippen MR) is 67.9 cm³/mol. The van der Waals surface area contributed by atoms with E-state index in [0.29, 0.717) is 5.92 Å². The summed E-state index contributed by atoms with van der Waals surface area (Å²) in [7, 11) is 0. The Labute approximate surface area is 101 Å². The molecule has 1 aliphatic heterocycles. The number of benzene rings is 1. The molecule has 1 aliphatic rings. The van der Waals surface area contributed by atoms with Crippen molar-refractivity contribution in [2.75, 3.05) is 6.54 Å². The van der Waals surface area contributed by atoms with Crippen LogP contribution in [0, 0.1) is 12.8 Å². The van der Waals surface area contributed by atoms with E-state index >= 15 is 0 Å². The molecule has 0 aliphatic carbocycles. The van der Waals surface area contributed by atoms with Gasteiger partial charge >= 0.3 is 0 Å². The highest BCUT2D eigenvalue weighted by Gasteiger charge is 2.26. The smallest absolute Gasteiger partial charge is 0.212 e. The highest BCUT2D eigenvalue weighted by molar-refractivity contribution is 5.73. The van der Waals surface area contributed by atoms with Crippen LogP contribution in [0.1, 0.15) is 37.3 Å². The minimum atomic E-state index is 0.274. The third-order valence-corrected chi connectivity index (χ3v) is 3.60. The third-order valence-electron chi connectivity index (χ3n) is 3.60. The second-order valence-corrected chi connectivity index (χ2v) is 5.07. The number of oxazole rings is 1. The first-order valence-corrected chi connectivity index (χ1v) is 6.34. The van der Waals surface area contributed by atoms with Crippen molar-refractivity contribution in [2.45, 2.75) is 32.7 Å². The van der Waals surface area contributed by atoms with E-state index < -0.39 is 0 Å². The summed E-state index contributed by atoms with van der Waals surface area (Å²) < 4.78 is 5.89. The maximum absolute atomic E-state index is 5.89. The zero-order valence-corrected chi connectivity index (χ0v) is 10.4. The Morgan fingerprint density at radius 1 is 1.41 bits per heavy atom. The molecule has 2 aromatic rings. The van der Waals surface area contributed by atoms with E-state index in [2.05, 4.69) is 36.3 Å². The zero-order chi connectivity index (χ0) is 11.8. The Kier molecular flexibility index (Phi) is 2.63. The maximum Gasteiger partial charge on any atom is 0.212 e. The van der Waals surface area contributed by atoms with Gasteiger partial charge in [0, 0.05) is 0 Å². The van der Waals surface area contributed by atoms with Gasteiger partial charge in [-0.3, -0.25) is 0 Å². The summed E-state index contributed by atoms with van der Waals surface area (Å²) in [5.74, 6) is 1.44. The number of piperidine rings is 1. The van der Waals surface area contributed by atoms with Crippen LogP contribution < -0.4 is 5.32 Å². The second kappa shape index (κ2) is 4.15. The van der Waals surface area contributed by atoms with Crippen LogP contribution >= 0.6 is 0 Å². The number of hydrogen-bond donors (Lipinski definition) is 1. The predicted octanol–water partition coefficient (Wildman–Crippen LogP) is 3.20. The van der Waals surface area contributed by atoms with Crippen LogP contribution in [0.3, 0.4) is 0 Å². The fraction of sp³-hybridized carbons (Fsp3) is 0.500. The van der Waals surface area contributed by atoms with E-state index in [9.17, 15) is 0 Å². The van der Waals surface area contributed by atoms with Crippen molar-refractivity contribution in [2.24, 2.45) is 5.92 Å². The molecule has 0 saturated carbocycles. The van der Waals surface area contributed by atoms with Crippen LogP contribution in [-0.4, -0.2) is 11.5 Å². The monoisotopic (exact) mass is 230 g/mol. The van der Waals surface area contributed by atoms with Gasteiger partial charge in [-0.15, -0.1) is 0 Å². The van der Waals surface area contributed by atoms with Gasteiger partial charge in [-0.25, -0.2) is 4.98 Å². The molecule has 0 bridgehead atoms. The van der Waals surface area contributed by atoms with Gasteiger partial charge in [0.15, 0.2) is 5.58 Å². The zero-order valence-electron chi connectivity index (χ0n) is 10.4. The molecule has 1 aromatic carbocycles. The van der Waals surface area contributed by atoms with Gasteiger partial charge in [-0.2, -0.15) is 0 Å². The normalized spacial score (nSPS) is 25.3. The van der Waals surface area contributed by atoms with Gasteiger partial charge in [-0.05, 0) is 49.9 Å². The van der Waals surface area contributed by atoms with Gasteiger partial charge in [0.2, 0.25) is 5.89 Å². The van der Waals surface area contributed by atoms with E-state index in [1.54, 1.807) is 0 Å². The summed E-state index contributed by atoms with van der Waals surface area (Å²) in [6.45, 7) is 5.40. The van der Waals surface area contributed by atoms with Crippen molar-refractivity contribution in [3.05, 3.63) is 29.7 Å². The molecule has 0 amide bonds. The Balaban J connectivity index is 1.99. The van der Waals surface area contributed by atoms with Crippen LogP contribution in [0.15, 0.2) is 22.6 Å². The Hall–Kier alpha value is -1.35. The quantitative estimate of drug-likeness (QED) is 0.817. The minimum Gasteiger partial charge on any atom is -0.439 e. The first kappa shape index (κ1) is 10.8. The SMILES string of the molecule is Cc1ccc2nc(C3NCCCC3C)oc2c1. The summed E-state index contributed by atoms with van der Waals surface area (Å²) in [6.07, 6.45) is 2.49. The molecule has 2 atom stereocenters. The summed E-state index contributed by atoms with van der Waals surface area (Å²) in [6, 6.07) is 6.44. The maximum atomic E-state index is 5.89. The van der Waals surface area contributed by atoms with Crippen molar-refractivity contribution in [3.63, 3.8) is 0 Å². The molecule has 1 fully saturated rings. The first-order valence-electron chi connectivity index (χ1n) is 6.34. The summed E-state index contributed by atoms with van der Waals surface area (Å²) in [4.78, 5) is 4.60. The molecule has 3 heteroatoms. The number of aromatic nitrogens is 1. The highest BCUT2D eigenvalue weighted by atomic mass is 16.3. The lowest BCUT2D eigenvalue weighted by atomic mass is 9.93. The standard InChI is InChI=1S/C14H18N2O/c1-9-5-6-11-12(8-9)17-14(16-11)13-10(2)4-3-7-15-13/h5-6,8,10,13,15H,3-4,7H2,1-2H3. The topological polar surface area (TPSA) is 38.1 Å². The summed E-state index contributed by atoms with van der Waals surface area (Å²) >= 11 is 0. The molecule has 1 aromatic heterocycles. The second-order valence-electron chi connectivity index (χ2n) is 5.07. The average Bonchev–Trinajstić information content (AvgIpc) is 2.72. The molecule has 2 heterocycles. The van der Waals surface area contributed by atoms with Crippen molar-refractivity contribution < 1.29 is 4.42 Å². The van der Waals surface area contributed by atoms with Crippen molar-refractivity contribution in [1.29, 1.82) is 0 Å². The molecule has 1 saturated heterocycles. The lowest BCUT2D eigenvalue weighted by molar-refractivity contribution is 0.264. The molecule has 3 nitrogen and oxygen atoms in total. The molecule has 0 spiro atoms. The van der Waals surface area contributed by atoms with Gasteiger partial charge < -0.3 is 9.73 Å². The van der Waals surface area contributed by atoms with Crippen LogP contribution in [0.2, 0.25) is 0 Å². The number of aryl methyl sites for hydroxylation is 1. The molecule has 90 valence electrons. The number of hydrogen-bond acceptors (Lipinski definition) is 3. The minimum absolute atomic E-state index is 0.274. The van der Waals surface area contributed by atoms with Gasteiger partial charge in [0.1, 0.15) is 5.52 Å².